The molecule has 1 aromatic rings. The highest BCUT2D eigenvalue weighted by atomic mass is 16.8. The van der Waals surface area contributed by atoms with E-state index in [1.54, 1.807) is 14.2 Å². The highest BCUT2D eigenvalue weighted by Crippen LogP contribution is 2.53. The lowest BCUT2D eigenvalue weighted by atomic mass is 9.71. The van der Waals surface area contributed by atoms with Crippen LogP contribution in [0, 0.1) is 5.92 Å². The van der Waals surface area contributed by atoms with Crippen LogP contribution in [0.1, 0.15) is 44.1 Å². The van der Waals surface area contributed by atoms with Crippen LogP contribution in [0.4, 0.5) is 0 Å². The Morgan fingerprint density at radius 2 is 2.00 bits per heavy atom. The minimum Gasteiger partial charge on any atom is -0.497 e. The maximum atomic E-state index is 6.17. The maximum absolute atomic E-state index is 6.17. The summed E-state index contributed by atoms with van der Waals surface area (Å²) in [7, 11) is 3.46. The van der Waals surface area contributed by atoms with E-state index in [1.807, 2.05) is 19.1 Å². The summed E-state index contributed by atoms with van der Waals surface area (Å²) >= 11 is 0. The Balaban J connectivity index is 1.84. The van der Waals surface area contributed by atoms with Crippen LogP contribution in [-0.2, 0) is 14.2 Å². The van der Waals surface area contributed by atoms with Gasteiger partial charge in [0, 0.05) is 32.5 Å². The second-order valence-electron chi connectivity index (χ2n) is 6.13. The van der Waals surface area contributed by atoms with E-state index in [1.165, 1.54) is 12.0 Å². The van der Waals surface area contributed by atoms with Crippen molar-refractivity contribution < 1.29 is 18.9 Å². The van der Waals surface area contributed by atoms with Gasteiger partial charge in [0.15, 0.2) is 12.1 Å². The van der Waals surface area contributed by atoms with Crippen molar-refractivity contribution in [3.63, 3.8) is 0 Å². The highest BCUT2D eigenvalue weighted by molar-refractivity contribution is 5.30. The van der Waals surface area contributed by atoms with Crippen molar-refractivity contribution in [1.29, 1.82) is 0 Å². The molecule has 0 bridgehead atoms. The van der Waals surface area contributed by atoms with Gasteiger partial charge in [-0.3, -0.25) is 0 Å². The topological polar surface area (TPSA) is 36.9 Å². The fraction of sp³-hybridized carbons (Fsp3) is 0.667. The van der Waals surface area contributed by atoms with Gasteiger partial charge in [-0.25, -0.2) is 0 Å². The monoisotopic (exact) mass is 306 g/mol. The normalized spacial score (nSPS) is 34.4. The molecule has 0 radical (unpaired) electrons. The van der Waals surface area contributed by atoms with Gasteiger partial charge in [-0.1, -0.05) is 12.1 Å². The predicted molar refractivity (Wildman–Crippen MR) is 83.9 cm³/mol. The third kappa shape index (κ3) is 2.75. The molecule has 1 saturated carbocycles. The van der Waals surface area contributed by atoms with Gasteiger partial charge in [0.05, 0.1) is 7.11 Å². The SMILES string of the molecule is CCOC1CC2C(c3ccc(OC)cc3)CCCC2(OC)O1. The first-order valence-electron chi connectivity index (χ1n) is 8.21. The molecule has 2 fully saturated rings. The summed E-state index contributed by atoms with van der Waals surface area (Å²) in [5, 5.41) is 0. The summed E-state index contributed by atoms with van der Waals surface area (Å²) in [6, 6.07) is 8.41. The summed E-state index contributed by atoms with van der Waals surface area (Å²) in [4.78, 5) is 0. The van der Waals surface area contributed by atoms with E-state index in [0.29, 0.717) is 18.4 Å². The number of fused-ring (bicyclic) bond motifs is 1. The third-order valence-corrected chi connectivity index (χ3v) is 5.11. The molecule has 0 aromatic heterocycles. The molecular weight excluding hydrogens is 280 g/mol. The van der Waals surface area contributed by atoms with Crippen LogP contribution in [0.2, 0.25) is 0 Å². The van der Waals surface area contributed by atoms with E-state index in [2.05, 4.69) is 12.1 Å². The largest absolute Gasteiger partial charge is 0.497 e. The highest BCUT2D eigenvalue weighted by Gasteiger charge is 2.54. The maximum Gasteiger partial charge on any atom is 0.174 e. The zero-order valence-electron chi connectivity index (χ0n) is 13.7. The van der Waals surface area contributed by atoms with Gasteiger partial charge in [-0.15, -0.1) is 0 Å². The molecule has 4 unspecified atom stereocenters. The number of methoxy groups -OCH3 is 2. The molecule has 1 aliphatic heterocycles. The number of hydrogen-bond acceptors (Lipinski definition) is 4. The molecule has 1 heterocycles. The fourth-order valence-corrected chi connectivity index (χ4v) is 4.07. The van der Waals surface area contributed by atoms with Gasteiger partial charge in [-0.05, 0) is 43.4 Å². The summed E-state index contributed by atoms with van der Waals surface area (Å²) in [6.07, 6.45) is 3.99. The zero-order valence-corrected chi connectivity index (χ0v) is 13.7. The molecule has 0 spiro atoms. The summed E-state index contributed by atoms with van der Waals surface area (Å²) in [5.41, 5.74) is 1.34. The number of hydrogen-bond donors (Lipinski definition) is 0. The Bertz CT molecular complexity index is 486. The van der Waals surface area contributed by atoms with Crippen LogP contribution in [0.5, 0.6) is 5.75 Å². The Morgan fingerprint density at radius 1 is 1.23 bits per heavy atom. The van der Waals surface area contributed by atoms with E-state index in [-0.39, 0.29) is 6.29 Å². The van der Waals surface area contributed by atoms with Crippen LogP contribution >= 0.6 is 0 Å². The summed E-state index contributed by atoms with van der Waals surface area (Å²) < 4.78 is 23.0. The molecule has 3 rings (SSSR count). The molecule has 1 aliphatic carbocycles. The first-order valence-corrected chi connectivity index (χ1v) is 8.21. The van der Waals surface area contributed by atoms with Crippen LogP contribution in [0.25, 0.3) is 0 Å². The summed E-state index contributed by atoms with van der Waals surface area (Å²) in [6.45, 7) is 2.68. The molecule has 122 valence electrons. The van der Waals surface area contributed by atoms with E-state index in [9.17, 15) is 0 Å². The quantitative estimate of drug-likeness (QED) is 0.831. The van der Waals surface area contributed by atoms with Crippen molar-refractivity contribution >= 4 is 0 Å². The van der Waals surface area contributed by atoms with Gasteiger partial charge in [-0.2, -0.15) is 0 Å². The lowest BCUT2D eigenvalue weighted by Crippen LogP contribution is -2.43. The van der Waals surface area contributed by atoms with Crippen molar-refractivity contribution in [2.45, 2.75) is 50.6 Å². The molecule has 0 N–H and O–H groups in total. The average Bonchev–Trinajstić information content (AvgIpc) is 2.94. The second kappa shape index (κ2) is 6.57. The molecular formula is C18H26O4. The van der Waals surface area contributed by atoms with Crippen molar-refractivity contribution in [1.82, 2.24) is 0 Å². The minimum absolute atomic E-state index is 0.145. The van der Waals surface area contributed by atoms with Gasteiger partial charge in [0.1, 0.15) is 5.75 Å². The Labute approximate surface area is 132 Å². The zero-order chi connectivity index (χ0) is 15.6. The molecule has 2 aliphatic rings. The van der Waals surface area contributed by atoms with Crippen molar-refractivity contribution in [3.8, 4) is 5.75 Å². The number of benzene rings is 1. The van der Waals surface area contributed by atoms with Gasteiger partial charge in [0.2, 0.25) is 0 Å². The molecule has 0 amide bonds. The van der Waals surface area contributed by atoms with Gasteiger partial charge < -0.3 is 18.9 Å². The first-order chi connectivity index (χ1) is 10.7. The Kier molecular flexibility index (Phi) is 4.71. The molecule has 1 aromatic carbocycles. The molecule has 22 heavy (non-hydrogen) atoms. The Hall–Kier alpha value is -1.10. The molecule has 1 saturated heterocycles. The van der Waals surface area contributed by atoms with E-state index >= 15 is 0 Å². The predicted octanol–water partition coefficient (Wildman–Crippen LogP) is 3.70. The van der Waals surface area contributed by atoms with Crippen molar-refractivity contribution in [2.24, 2.45) is 5.92 Å². The Morgan fingerprint density at radius 3 is 2.64 bits per heavy atom. The third-order valence-electron chi connectivity index (χ3n) is 5.11. The lowest BCUT2D eigenvalue weighted by molar-refractivity contribution is -0.282. The molecule has 4 atom stereocenters. The first kappa shape index (κ1) is 15.8. The smallest absolute Gasteiger partial charge is 0.174 e. The van der Waals surface area contributed by atoms with Gasteiger partial charge >= 0.3 is 0 Å². The summed E-state index contributed by atoms with van der Waals surface area (Å²) in [5.74, 6) is 1.21. The molecule has 4 nitrogen and oxygen atoms in total. The van der Waals surface area contributed by atoms with Crippen LogP contribution < -0.4 is 4.74 Å². The van der Waals surface area contributed by atoms with Crippen molar-refractivity contribution in [2.75, 3.05) is 20.8 Å². The minimum atomic E-state index is -0.483. The van der Waals surface area contributed by atoms with E-state index in [0.717, 1.165) is 25.0 Å². The average molecular weight is 306 g/mol. The standard InChI is InChI=1S/C18H26O4/c1-4-21-17-12-16-15(6-5-11-18(16,20-3)22-17)13-7-9-14(19-2)10-8-13/h7-10,15-17H,4-6,11-12H2,1-3H3. The van der Waals surface area contributed by atoms with E-state index in [4.69, 9.17) is 18.9 Å². The number of rotatable bonds is 5. The van der Waals surface area contributed by atoms with E-state index < -0.39 is 5.79 Å². The lowest BCUT2D eigenvalue weighted by Gasteiger charge is -2.41. The number of ether oxygens (including phenoxy) is 4. The van der Waals surface area contributed by atoms with Gasteiger partial charge in [0.25, 0.3) is 0 Å². The fourth-order valence-electron chi connectivity index (χ4n) is 4.07. The van der Waals surface area contributed by atoms with Crippen LogP contribution in [-0.4, -0.2) is 32.9 Å². The van der Waals surface area contributed by atoms with Crippen LogP contribution in [0.15, 0.2) is 24.3 Å². The van der Waals surface area contributed by atoms with Crippen molar-refractivity contribution in [3.05, 3.63) is 29.8 Å². The molecule has 4 heteroatoms. The van der Waals surface area contributed by atoms with Crippen LogP contribution in [0.3, 0.4) is 0 Å². The second-order valence-corrected chi connectivity index (χ2v) is 6.13.